The molecular weight excluding hydrogens is 410 g/mol. The molecule has 7 nitrogen and oxygen atoms in total. The number of hydrogen-bond acceptors (Lipinski definition) is 6. The van der Waals surface area contributed by atoms with Crippen LogP contribution in [-0.4, -0.2) is 35.9 Å². The van der Waals surface area contributed by atoms with Crippen LogP contribution in [0, 0.1) is 6.92 Å². The van der Waals surface area contributed by atoms with Crippen molar-refractivity contribution in [1.82, 2.24) is 4.90 Å². The summed E-state index contributed by atoms with van der Waals surface area (Å²) in [5.41, 5.74) is 2.00. The summed E-state index contributed by atoms with van der Waals surface area (Å²) < 4.78 is 16.0. The predicted molar refractivity (Wildman–Crippen MR) is 117 cm³/mol. The van der Waals surface area contributed by atoms with Gasteiger partial charge in [-0.15, -0.1) is 0 Å². The van der Waals surface area contributed by atoms with E-state index >= 15 is 0 Å². The van der Waals surface area contributed by atoms with E-state index in [9.17, 15) is 14.7 Å². The number of Topliss-reactive ketones (excluding diaryl/α,β-unsaturated/α-hetero) is 1. The fourth-order valence-corrected chi connectivity index (χ4v) is 3.97. The number of nitrogens with zero attached hydrogens (tertiary/aromatic N) is 1. The Morgan fingerprint density at radius 1 is 1.03 bits per heavy atom. The van der Waals surface area contributed by atoms with Crippen molar-refractivity contribution in [3.8, 4) is 11.5 Å². The highest BCUT2D eigenvalue weighted by molar-refractivity contribution is 6.46. The molecule has 1 N–H and O–H groups in total. The van der Waals surface area contributed by atoms with E-state index in [1.165, 1.54) is 25.4 Å². The molecule has 1 aliphatic heterocycles. The number of ether oxygens (including phenoxy) is 2. The third kappa shape index (κ3) is 3.62. The van der Waals surface area contributed by atoms with E-state index in [4.69, 9.17) is 13.9 Å². The minimum Gasteiger partial charge on any atom is -0.507 e. The Labute approximate surface area is 185 Å². The third-order valence-electron chi connectivity index (χ3n) is 5.59. The highest BCUT2D eigenvalue weighted by Crippen LogP contribution is 2.42. The summed E-state index contributed by atoms with van der Waals surface area (Å²) in [6.45, 7) is 2.00. The lowest BCUT2D eigenvalue weighted by molar-refractivity contribution is -0.140. The van der Waals surface area contributed by atoms with Gasteiger partial charge in [0.15, 0.2) is 11.5 Å². The van der Waals surface area contributed by atoms with Crippen LogP contribution in [0.4, 0.5) is 0 Å². The topological polar surface area (TPSA) is 89.2 Å². The highest BCUT2D eigenvalue weighted by atomic mass is 16.5. The maximum Gasteiger partial charge on any atom is 0.296 e. The van der Waals surface area contributed by atoms with E-state index in [-0.39, 0.29) is 17.9 Å². The van der Waals surface area contributed by atoms with Gasteiger partial charge in [0.05, 0.1) is 38.6 Å². The van der Waals surface area contributed by atoms with Crippen LogP contribution in [0.5, 0.6) is 11.5 Å². The van der Waals surface area contributed by atoms with Crippen molar-refractivity contribution in [2.24, 2.45) is 0 Å². The number of amides is 1. The molecule has 164 valence electrons. The van der Waals surface area contributed by atoms with Crippen molar-refractivity contribution < 1.29 is 28.6 Å². The molecule has 0 aliphatic carbocycles. The van der Waals surface area contributed by atoms with E-state index < -0.39 is 17.7 Å². The molecule has 4 rings (SSSR count). The lowest BCUT2D eigenvalue weighted by Crippen LogP contribution is -2.29. The Morgan fingerprint density at radius 3 is 2.44 bits per heavy atom. The van der Waals surface area contributed by atoms with Crippen molar-refractivity contribution in [2.45, 2.75) is 19.5 Å². The number of aliphatic hydroxyl groups is 1. The van der Waals surface area contributed by atoms with Gasteiger partial charge >= 0.3 is 0 Å². The third-order valence-corrected chi connectivity index (χ3v) is 5.59. The highest BCUT2D eigenvalue weighted by Gasteiger charge is 2.46. The van der Waals surface area contributed by atoms with Gasteiger partial charge in [-0.3, -0.25) is 9.59 Å². The molecule has 1 saturated heterocycles. The molecule has 2 heterocycles. The first-order valence-electron chi connectivity index (χ1n) is 10.0. The van der Waals surface area contributed by atoms with Crippen LogP contribution in [0.3, 0.4) is 0 Å². The number of carbonyl (C=O) groups excluding carboxylic acids is 2. The number of ketones is 1. The second kappa shape index (κ2) is 8.63. The first-order chi connectivity index (χ1) is 15.5. The summed E-state index contributed by atoms with van der Waals surface area (Å²) in [4.78, 5) is 27.6. The van der Waals surface area contributed by atoms with Crippen LogP contribution in [0.15, 0.2) is 70.9 Å². The molecule has 1 atom stereocenters. The summed E-state index contributed by atoms with van der Waals surface area (Å²) in [6, 6.07) is 15.0. The molecule has 3 aromatic rings. The molecule has 0 radical (unpaired) electrons. The fourth-order valence-electron chi connectivity index (χ4n) is 3.97. The number of benzene rings is 2. The zero-order valence-corrected chi connectivity index (χ0v) is 18.0. The zero-order valence-electron chi connectivity index (χ0n) is 18.0. The first kappa shape index (κ1) is 21.2. The predicted octanol–water partition coefficient (Wildman–Crippen LogP) is 4.23. The summed E-state index contributed by atoms with van der Waals surface area (Å²) in [5, 5.41) is 11.2. The van der Waals surface area contributed by atoms with Crippen LogP contribution in [0.25, 0.3) is 5.76 Å². The van der Waals surface area contributed by atoms with Gasteiger partial charge < -0.3 is 23.9 Å². The van der Waals surface area contributed by atoms with Gasteiger partial charge in [0, 0.05) is 5.56 Å². The van der Waals surface area contributed by atoms with Crippen LogP contribution in [-0.2, 0) is 16.1 Å². The van der Waals surface area contributed by atoms with Crippen molar-refractivity contribution in [2.75, 3.05) is 14.2 Å². The largest absolute Gasteiger partial charge is 0.507 e. The fraction of sp³-hybridized carbons (Fsp3) is 0.200. The lowest BCUT2D eigenvalue weighted by Gasteiger charge is -2.25. The second-order valence-corrected chi connectivity index (χ2v) is 7.43. The molecule has 1 fully saturated rings. The van der Waals surface area contributed by atoms with E-state index in [0.717, 1.165) is 11.1 Å². The van der Waals surface area contributed by atoms with E-state index in [1.807, 2.05) is 31.2 Å². The van der Waals surface area contributed by atoms with Gasteiger partial charge in [-0.05, 0) is 48.4 Å². The lowest BCUT2D eigenvalue weighted by atomic mass is 9.92. The molecule has 0 spiro atoms. The minimum atomic E-state index is -0.769. The van der Waals surface area contributed by atoms with Gasteiger partial charge in [0.2, 0.25) is 0 Å². The molecule has 0 bridgehead atoms. The van der Waals surface area contributed by atoms with E-state index in [2.05, 4.69) is 0 Å². The van der Waals surface area contributed by atoms with Crippen molar-refractivity contribution in [1.29, 1.82) is 0 Å². The number of methoxy groups -OCH3 is 2. The quantitative estimate of drug-likeness (QED) is 0.356. The average Bonchev–Trinajstić information content (AvgIpc) is 3.41. The summed E-state index contributed by atoms with van der Waals surface area (Å²) in [6.07, 6.45) is 1.51. The SMILES string of the molecule is COc1ccc(/C(O)=C2\C(=O)C(=O)N(Cc3ccco3)C2c2ccccc2C)cc1OC. The Kier molecular flexibility index (Phi) is 5.73. The number of aryl methyl sites for hydroxylation is 1. The molecule has 32 heavy (non-hydrogen) atoms. The summed E-state index contributed by atoms with van der Waals surface area (Å²) in [5.74, 6) is -0.309. The van der Waals surface area contributed by atoms with Crippen molar-refractivity contribution >= 4 is 17.4 Å². The number of rotatable bonds is 6. The van der Waals surface area contributed by atoms with Gasteiger partial charge in [-0.1, -0.05) is 24.3 Å². The Bertz CT molecular complexity index is 1190. The Hall–Kier alpha value is -4.00. The molecule has 2 aromatic carbocycles. The van der Waals surface area contributed by atoms with Crippen molar-refractivity contribution in [3.63, 3.8) is 0 Å². The maximum atomic E-state index is 13.1. The van der Waals surface area contributed by atoms with Gasteiger partial charge in [-0.25, -0.2) is 0 Å². The maximum absolute atomic E-state index is 13.1. The number of furan rings is 1. The summed E-state index contributed by atoms with van der Waals surface area (Å²) in [7, 11) is 2.99. The minimum absolute atomic E-state index is 0.0167. The standard InChI is InChI=1S/C25H23NO6/c1-15-7-4-5-9-18(15)22-21(23(27)16-10-11-19(30-2)20(13-16)31-3)24(28)25(29)26(22)14-17-8-6-12-32-17/h4-13,22,27H,14H2,1-3H3/b23-21+. The van der Waals surface area contributed by atoms with Crippen LogP contribution in [0.2, 0.25) is 0 Å². The van der Waals surface area contributed by atoms with E-state index in [0.29, 0.717) is 22.8 Å². The first-order valence-corrected chi connectivity index (χ1v) is 10.0. The molecule has 1 aliphatic rings. The average molecular weight is 433 g/mol. The molecule has 1 unspecified atom stereocenters. The van der Waals surface area contributed by atoms with Gasteiger partial charge in [0.1, 0.15) is 11.5 Å². The number of carbonyl (C=O) groups is 2. The molecule has 1 amide bonds. The Balaban J connectivity index is 1.89. The van der Waals surface area contributed by atoms with Gasteiger partial charge in [0.25, 0.3) is 11.7 Å². The van der Waals surface area contributed by atoms with E-state index in [1.54, 1.807) is 30.3 Å². The normalized spacial score (nSPS) is 17.6. The zero-order chi connectivity index (χ0) is 22.8. The molecule has 1 aromatic heterocycles. The number of aliphatic hydroxyl groups excluding tert-OH is 1. The van der Waals surface area contributed by atoms with Crippen LogP contribution >= 0.6 is 0 Å². The van der Waals surface area contributed by atoms with Crippen molar-refractivity contribution in [3.05, 3.63) is 88.9 Å². The smallest absolute Gasteiger partial charge is 0.296 e. The molecule has 7 heteroatoms. The second-order valence-electron chi connectivity index (χ2n) is 7.43. The number of likely N-dealkylation sites (tertiary alicyclic amines) is 1. The number of hydrogen-bond donors (Lipinski definition) is 1. The van der Waals surface area contributed by atoms with Crippen LogP contribution < -0.4 is 9.47 Å². The Morgan fingerprint density at radius 2 is 1.78 bits per heavy atom. The van der Waals surface area contributed by atoms with Crippen LogP contribution in [0.1, 0.15) is 28.5 Å². The molecular formula is C25H23NO6. The monoisotopic (exact) mass is 433 g/mol. The summed E-state index contributed by atoms with van der Waals surface area (Å²) >= 11 is 0. The molecule has 0 saturated carbocycles. The van der Waals surface area contributed by atoms with Gasteiger partial charge in [-0.2, -0.15) is 0 Å².